The van der Waals surface area contributed by atoms with Crippen LogP contribution in [0, 0.1) is 0 Å². The van der Waals surface area contributed by atoms with Crippen molar-refractivity contribution in [2.24, 2.45) is 7.05 Å². The van der Waals surface area contributed by atoms with Crippen LogP contribution in [0.3, 0.4) is 0 Å². The number of methoxy groups -OCH3 is 1. The summed E-state index contributed by atoms with van der Waals surface area (Å²) in [6, 6.07) is 0.543. The second-order valence-electron chi connectivity index (χ2n) is 4.54. The van der Waals surface area contributed by atoms with Crippen molar-refractivity contribution in [2.75, 3.05) is 13.7 Å². The van der Waals surface area contributed by atoms with Crippen molar-refractivity contribution in [3.05, 3.63) is 18.0 Å². The summed E-state index contributed by atoms with van der Waals surface area (Å²) in [5, 5.41) is 7.74. The number of ether oxygens (including phenoxy) is 1. The van der Waals surface area contributed by atoms with Gasteiger partial charge in [0.25, 0.3) is 0 Å². The molecule has 2 rings (SSSR count). The predicted molar refractivity (Wildman–Crippen MR) is 63.4 cm³/mol. The van der Waals surface area contributed by atoms with E-state index in [1.165, 1.54) is 24.8 Å². The average molecular weight is 223 g/mol. The first kappa shape index (κ1) is 11.6. The van der Waals surface area contributed by atoms with Crippen LogP contribution in [-0.2, 0) is 18.2 Å². The van der Waals surface area contributed by atoms with Gasteiger partial charge in [-0.1, -0.05) is 0 Å². The third kappa shape index (κ3) is 2.83. The van der Waals surface area contributed by atoms with E-state index >= 15 is 0 Å². The van der Waals surface area contributed by atoms with Crippen molar-refractivity contribution < 1.29 is 4.74 Å². The maximum absolute atomic E-state index is 5.45. The average Bonchev–Trinajstić information content (AvgIpc) is 2.87. The van der Waals surface area contributed by atoms with E-state index < -0.39 is 0 Å². The van der Waals surface area contributed by atoms with Crippen LogP contribution in [0.1, 0.15) is 24.8 Å². The van der Waals surface area contributed by atoms with Gasteiger partial charge in [0.05, 0.1) is 12.3 Å². The molecule has 1 aromatic heterocycles. The molecule has 1 fully saturated rings. The normalized spacial score (nSPS) is 25.1. The molecule has 1 aliphatic carbocycles. The molecule has 16 heavy (non-hydrogen) atoms. The highest BCUT2D eigenvalue weighted by Crippen LogP contribution is 2.21. The van der Waals surface area contributed by atoms with Crippen molar-refractivity contribution in [3.8, 4) is 0 Å². The molecular formula is C12H21N3O. The summed E-state index contributed by atoms with van der Waals surface area (Å²) >= 11 is 0. The van der Waals surface area contributed by atoms with Crippen LogP contribution in [0.5, 0.6) is 0 Å². The van der Waals surface area contributed by atoms with Crippen LogP contribution in [-0.4, -0.2) is 35.6 Å². The summed E-state index contributed by atoms with van der Waals surface area (Å²) < 4.78 is 7.30. The molecule has 0 amide bonds. The Kier molecular flexibility index (Phi) is 3.96. The van der Waals surface area contributed by atoms with E-state index in [4.69, 9.17) is 4.74 Å². The zero-order chi connectivity index (χ0) is 11.4. The minimum absolute atomic E-state index is 0.411. The van der Waals surface area contributed by atoms with E-state index in [2.05, 4.69) is 16.6 Å². The first-order chi connectivity index (χ1) is 7.79. The van der Waals surface area contributed by atoms with E-state index in [0.29, 0.717) is 12.1 Å². The van der Waals surface area contributed by atoms with Gasteiger partial charge in [0.2, 0.25) is 0 Å². The molecule has 2 unspecified atom stereocenters. The number of aromatic nitrogens is 2. The van der Waals surface area contributed by atoms with Gasteiger partial charge in [0.1, 0.15) is 0 Å². The Balaban J connectivity index is 1.71. The third-order valence-electron chi connectivity index (χ3n) is 3.33. The van der Waals surface area contributed by atoms with Gasteiger partial charge < -0.3 is 10.1 Å². The molecule has 1 heterocycles. The van der Waals surface area contributed by atoms with Crippen molar-refractivity contribution >= 4 is 0 Å². The maximum Gasteiger partial charge on any atom is 0.0724 e. The number of nitrogens with one attached hydrogen (secondary N) is 1. The van der Waals surface area contributed by atoms with Crippen LogP contribution in [0.4, 0.5) is 0 Å². The second kappa shape index (κ2) is 5.46. The van der Waals surface area contributed by atoms with Crippen molar-refractivity contribution in [1.82, 2.24) is 15.1 Å². The van der Waals surface area contributed by atoms with Gasteiger partial charge in [-0.25, -0.2) is 0 Å². The third-order valence-corrected chi connectivity index (χ3v) is 3.33. The Hall–Kier alpha value is -0.870. The van der Waals surface area contributed by atoms with Crippen LogP contribution in [0.2, 0.25) is 0 Å². The zero-order valence-corrected chi connectivity index (χ0v) is 10.1. The predicted octanol–water partition coefficient (Wildman–Crippen LogP) is 1.12. The lowest BCUT2D eigenvalue weighted by molar-refractivity contribution is 0.0854. The van der Waals surface area contributed by atoms with Gasteiger partial charge in [-0.2, -0.15) is 5.10 Å². The molecular weight excluding hydrogens is 202 g/mol. The highest BCUT2D eigenvalue weighted by atomic mass is 16.5. The summed E-state index contributed by atoms with van der Waals surface area (Å²) in [6.45, 7) is 1.01. The van der Waals surface area contributed by atoms with Crippen molar-refractivity contribution in [2.45, 2.75) is 37.8 Å². The Morgan fingerprint density at radius 3 is 3.12 bits per heavy atom. The van der Waals surface area contributed by atoms with Gasteiger partial charge in [0.15, 0.2) is 0 Å². The molecule has 0 radical (unpaired) electrons. The van der Waals surface area contributed by atoms with E-state index in [1.807, 2.05) is 25.0 Å². The molecule has 4 nitrogen and oxygen atoms in total. The molecule has 0 bridgehead atoms. The van der Waals surface area contributed by atoms with Crippen LogP contribution in [0.15, 0.2) is 12.4 Å². The summed E-state index contributed by atoms with van der Waals surface area (Å²) in [4.78, 5) is 0. The molecule has 0 aromatic carbocycles. The summed E-state index contributed by atoms with van der Waals surface area (Å²) in [5.74, 6) is 0. The number of hydrogen-bond donors (Lipinski definition) is 1. The molecule has 0 spiro atoms. The maximum atomic E-state index is 5.45. The molecule has 1 N–H and O–H groups in total. The topological polar surface area (TPSA) is 39.1 Å². The Labute approximate surface area is 97.0 Å². The SMILES string of the molecule is COC1CCCC1NCCc1cnn(C)c1. The zero-order valence-electron chi connectivity index (χ0n) is 10.1. The summed E-state index contributed by atoms with van der Waals surface area (Å²) in [6.07, 6.45) is 9.18. The molecule has 90 valence electrons. The molecule has 1 aliphatic rings. The van der Waals surface area contributed by atoms with Crippen molar-refractivity contribution in [3.63, 3.8) is 0 Å². The van der Waals surface area contributed by atoms with Gasteiger partial charge in [-0.3, -0.25) is 4.68 Å². The number of nitrogens with zero attached hydrogens (tertiary/aromatic N) is 2. The van der Waals surface area contributed by atoms with E-state index in [0.717, 1.165) is 13.0 Å². The minimum atomic E-state index is 0.411. The lowest BCUT2D eigenvalue weighted by atomic mass is 10.2. The Morgan fingerprint density at radius 2 is 2.44 bits per heavy atom. The van der Waals surface area contributed by atoms with E-state index in [-0.39, 0.29) is 0 Å². The summed E-state index contributed by atoms with van der Waals surface area (Å²) in [5.41, 5.74) is 1.29. The second-order valence-corrected chi connectivity index (χ2v) is 4.54. The van der Waals surface area contributed by atoms with Gasteiger partial charge in [-0.15, -0.1) is 0 Å². The first-order valence-electron chi connectivity index (χ1n) is 6.03. The van der Waals surface area contributed by atoms with E-state index in [9.17, 15) is 0 Å². The van der Waals surface area contributed by atoms with Gasteiger partial charge in [-0.05, 0) is 37.8 Å². The number of hydrogen-bond acceptors (Lipinski definition) is 3. The largest absolute Gasteiger partial charge is 0.380 e. The fourth-order valence-corrected chi connectivity index (χ4v) is 2.44. The fraction of sp³-hybridized carbons (Fsp3) is 0.750. The molecule has 0 aliphatic heterocycles. The fourth-order valence-electron chi connectivity index (χ4n) is 2.44. The first-order valence-corrected chi connectivity index (χ1v) is 6.03. The van der Waals surface area contributed by atoms with Crippen LogP contribution in [0.25, 0.3) is 0 Å². The number of aryl methyl sites for hydroxylation is 1. The van der Waals surface area contributed by atoms with Crippen molar-refractivity contribution in [1.29, 1.82) is 0 Å². The lowest BCUT2D eigenvalue weighted by Gasteiger charge is -2.19. The summed E-state index contributed by atoms with van der Waals surface area (Å²) in [7, 11) is 3.76. The highest BCUT2D eigenvalue weighted by molar-refractivity contribution is 5.04. The number of rotatable bonds is 5. The van der Waals surface area contributed by atoms with E-state index in [1.54, 1.807) is 0 Å². The van der Waals surface area contributed by atoms with Gasteiger partial charge >= 0.3 is 0 Å². The Morgan fingerprint density at radius 1 is 1.56 bits per heavy atom. The monoisotopic (exact) mass is 223 g/mol. The highest BCUT2D eigenvalue weighted by Gasteiger charge is 2.26. The smallest absolute Gasteiger partial charge is 0.0724 e. The Bertz CT molecular complexity index is 324. The molecule has 2 atom stereocenters. The standard InChI is InChI=1S/C12H21N3O/c1-15-9-10(8-14-15)6-7-13-11-4-3-5-12(11)16-2/h8-9,11-13H,3-7H2,1-2H3. The molecule has 4 heteroatoms. The quantitative estimate of drug-likeness (QED) is 0.813. The molecule has 1 saturated carbocycles. The molecule has 0 saturated heterocycles. The van der Waals surface area contributed by atoms with Crippen LogP contribution >= 0.6 is 0 Å². The van der Waals surface area contributed by atoms with Gasteiger partial charge in [0, 0.05) is 26.4 Å². The molecule has 1 aromatic rings. The minimum Gasteiger partial charge on any atom is -0.380 e. The lowest BCUT2D eigenvalue weighted by Crippen LogP contribution is -2.37. The van der Waals surface area contributed by atoms with Crippen LogP contribution < -0.4 is 5.32 Å².